The molecule has 0 saturated heterocycles. The number of hydrogen-bond donors (Lipinski definition) is 1. The molecule has 0 spiro atoms. The summed E-state index contributed by atoms with van der Waals surface area (Å²) in [6, 6.07) is 14.0. The number of ether oxygens (including phenoxy) is 2. The maximum atomic E-state index is 9.72. The minimum atomic E-state index is -0.377. The quantitative estimate of drug-likeness (QED) is 0.277. The molecule has 2 aromatic carbocycles. The van der Waals surface area contributed by atoms with E-state index in [9.17, 15) is 5.26 Å². The van der Waals surface area contributed by atoms with Crippen molar-refractivity contribution < 1.29 is 9.47 Å². The molecule has 0 aliphatic rings. The third-order valence-electron chi connectivity index (χ3n) is 5.71. The van der Waals surface area contributed by atoms with Gasteiger partial charge in [0, 0.05) is 29.6 Å². The molecule has 0 unspecified atom stereocenters. The maximum absolute atomic E-state index is 9.72. The number of nitrogens with zero attached hydrogens (tertiary/aromatic N) is 3. The van der Waals surface area contributed by atoms with Gasteiger partial charge in [0.05, 0.1) is 17.2 Å². The van der Waals surface area contributed by atoms with Crippen molar-refractivity contribution in [3.63, 3.8) is 0 Å². The molecule has 3 aromatic rings. The maximum Gasteiger partial charge on any atom is 0.232 e. The second-order valence-corrected chi connectivity index (χ2v) is 10.2. The first-order chi connectivity index (χ1) is 16.7. The molecule has 1 heterocycles. The lowest BCUT2D eigenvalue weighted by Gasteiger charge is -2.27. The fourth-order valence-corrected chi connectivity index (χ4v) is 4.02. The van der Waals surface area contributed by atoms with E-state index in [2.05, 4.69) is 48.5 Å². The fourth-order valence-electron chi connectivity index (χ4n) is 3.46. The number of rotatable bonds is 11. The highest BCUT2D eigenvalue weighted by atomic mass is 35.5. The monoisotopic (exact) mass is 510 g/mol. The molecular formula is C27H31ClN4O2S. The van der Waals surface area contributed by atoms with Crippen LogP contribution in [0.4, 0.5) is 5.95 Å². The van der Waals surface area contributed by atoms with E-state index >= 15 is 0 Å². The SMILES string of the molecule is CSNc1ncc(COc2ccc(C(C)(C)c3cc(Cl)c(OCCC(C)C)c(C#N)c3)cc2)cn1. The van der Waals surface area contributed by atoms with E-state index in [-0.39, 0.29) is 5.41 Å². The smallest absolute Gasteiger partial charge is 0.232 e. The van der Waals surface area contributed by atoms with Gasteiger partial charge in [0.25, 0.3) is 0 Å². The Morgan fingerprint density at radius 2 is 1.77 bits per heavy atom. The number of nitrogens with one attached hydrogen (secondary N) is 1. The Balaban J connectivity index is 1.72. The average molecular weight is 511 g/mol. The first-order valence-electron chi connectivity index (χ1n) is 11.4. The number of halogens is 1. The molecule has 0 aliphatic carbocycles. The summed E-state index contributed by atoms with van der Waals surface area (Å²) in [6.45, 7) is 9.39. The number of nitriles is 1. The highest BCUT2D eigenvalue weighted by Crippen LogP contribution is 2.38. The second-order valence-electron chi connectivity index (χ2n) is 9.14. The molecule has 0 atom stereocenters. The van der Waals surface area contributed by atoms with Crippen molar-refractivity contribution in [2.75, 3.05) is 17.6 Å². The molecule has 0 aliphatic heterocycles. The van der Waals surface area contributed by atoms with Gasteiger partial charge >= 0.3 is 0 Å². The Labute approximate surface area is 217 Å². The summed E-state index contributed by atoms with van der Waals surface area (Å²) in [5.41, 5.74) is 2.98. The standard InChI is InChI=1S/C27H31ClN4O2S/c1-18(2)10-11-33-25-20(14-29)12-22(13-24(25)28)27(3,4)21-6-8-23(9-7-21)34-17-19-15-30-26(31-16-19)32-35-5/h6-9,12-13,15-16,18H,10-11,17H2,1-5H3,(H,30,31,32). The minimum Gasteiger partial charge on any atom is -0.491 e. The summed E-state index contributed by atoms with van der Waals surface area (Å²) in [5, 5.41) is 10.2. The highest BCUT2D eigenvalue weighted by molar-refractivity contribution is 7.99. The predicted octanol–water partition coefficient (Wildman–Crippen LogP) is 7.02. The van der Waals surface area contributed by atoms with Gasteiger partial charge in [0.2, 0.25) is 5.95 Å². The van der Waals surface area contributed by atoms with Crippen LogP contribution in [0.2, 0.25) is 5.02 Å². The molecule has 0 radical (unpaired) electrons. The molecule has 0 bridgehead atoms. The van der Waals surface area contributed by atoms with Crippen LogP contribution in [-0.4, -0.2) is 22.8 Å². The third kappa shape index (κ3) is 7.03. The highest BCUT2D eigenvalue weighted by Gasteiger charge is 2.26. The molecule has 0 saturated carbocycles. The predicted molar refractivity (Wildman–Crippen MR) is 143 cm³/mol. The largest absolute Gasteiger partial charge is 0.491 e. The molecule has 35 heavy (non-hydrogen) atoms. The zero-order valence-electron chi connectivity index (χ0n) is 20.8. The second kappa shape index (κ2) is 12.1. The summed E-state index contributed by atoms with van der Waals surface area (Å²) in [7, 11) is 0. The van der Waals surface area contributed by atoms with Crippen LogP contribution < -0.4 is 14.2 Å². The van der Waals surface area contributed by atoms with E-state index in [4.69, 9.17) is 21.1 Å². The van der Waals surface area contributed by atoms with Crippen LogP contribution in [0.1, 0.15) is 56.4 Å². The van der Waals surface area contributed by atoms with Crippen molar-refractivity contribution in [1.29, 1.82) is 5.26 Å². The Morgan fingerprint density at radius 3 is 2.37 bits per heavy atom. The van der Waals surface area contributed by atoms with Crippen LogP contribution in [0.3, 0.4) is 0 Å². The first-order valence-corrected chi connectivity index (χ1v) is 13.0. The summed E-state index contributed by atoms with van der Waals surface area (Å²) in [6.07, 6.45) is 6.31. The van der Waals surface area contributed by atoms with E-state index in [1.54, 1.807) is 12.4 Å². The van der Waals surface area contributed by atoms with Gasteiger partial charge in [-0.3, -0.25) is 4.72 Å². The summed E-state index contributed by atoms with van der Waals surface area (Å²) in [5.74, 6) is 2.29. The molecular weight excluding hydrogens is 480 g/mol. The van der Waals surface area contributed by atoms with Crippen LogP contribution in [0.15, 0.2) is 48.8 Å². The molecule has 0 fully saturated rings. The molecule has 3 rings (SSSR count). The zero-order chi connectivity index (χ0) is 25.4. The van der Waals surface area contributed by atoms with Crippen LogP contribution >= 0.6 is 23.5 Å². The topological polar surface area (TPSA) is 80.1 Å². The van der Waals surface area contributed by atoms with Gasteiger partial charge in [-0.2, -0.15) is 5.26 Å². The van der Waals surface area contributed by atoms with E-state index in [1.807, 2.05) is 42.7 Å². The number of anilines is 1. The Hall–Kier alpha value is -2.95. The first kappa shape index (κ1) is 26.7. The summed E-state index contributed by atoms with van der Waals surface area (Å²) < 4.78 is 14.8. The van der Waals surface area contributed by atoms with Crippen molar-refractivity contribution in [2.24, 2.45) is 5.92 Å². The lowest BCUT2D eigenvalue weighted by Crippen LogP contribution is -2.19. The van der Waals surface area contributed by atoms with Crippen LogP contribution in [0.25, 0.3) is 0 Å². The van der Waals surface area contributed by atoms with Gasteiger partial charge in [0.1, 0.15) is 18.4 Å². The van der Waals surface area contributed by atoms with E-state index in [0.29, 0.717) is 41.4 Å². The molecule has 184 valence electrons. The molecule has 8 heteroatoms. The van der Waals surface area contributed by atoms with E-state index in [0.717, 1.165) is 28.9 Å². The normalized spacial score (nSPS) is 11.3. The van der Waals surface area contributed by atoms with Gasteiger partial charge in [-0.25, -0.2) is 9.97 Å². The van der Waals surface area contributed by atoms with Crippen LogP contribution in [0, 0.1) is 17.2 Å². The van der Waals surface area contributed by atoms with Crippen molar-refractivity contribution >= 4 is 29.5 Å². The van der Waals surface area contributed by atoms with Crippen molar-refractivity contribution in [3.05, 3.63) is 76.1 Å². The van der Waals surface area contributed by atoms with Crippen LogP contribution in [-0.2, 0) is 12.0 Å². The number of benzene rings is 2. The van der Waals surface area contributed by atoms with Crippen molar-refractivity contribution in [3.8, 4) is 17.6 Å². The zero-order valence-corrected chi connectivity index (χ0v) is 22.3. The third-order valence-corrected chi connectivity index (χ3v) is 6.37. The summed E-state index contributed by atoms with van der Waals surface area (Å²) in [4.78, 5) is 8.49. The van der Waals surface area contributed by atoms with Gasteiger partial charge in [-0.05, 0) is 47.7 Å². The minimum absolute atomic E-state index is 0.377. The summed E-state index contributed by atoms with van der Waals surface area (Å²) >= 11 is 8.01. The molecule has 0 amide bonds. The molecule has 1 aromatic heterocycles. The lowest BCUT2D eigenvalue weighted by atomic mass is 9.77. The Kier molecular flexibility index (Phi) is 9.25. The van der Waals surface area contributed by atoms with E-state index in [1.165, 1.54) is 11.9 Å². The van der Waals surface area contributed by atoms with Gasteiger partial charge < -0.3 is 9.47 Å². The van der Waals surface area contributed by atoms with Gasteiger partial charge in [0.15, 0.2) is 5.75 Å². The number of aromatic nitrogens is 2. The molecule has 6 nitrogen and oxygen atoms in total. The fraction of sp³-hybridized carbons (Fsp3) is 0.370. The lowest BCUT2D eigenvalue weighted by molar-refractivity contribution is 0.289. The number of hydrogen-bond acceptors (Lipinski definition) is 7. The van der Waals surface area contributed by atoms with Gasteiger partial charge in [-0.1, -0.05) is 63.4 Å². The molecule has 1 N–H and O–H groups in total. The Bertz CT molecular complexity index is 1160. The van der Waals surface area contributed by atoms with Crippen molar-refractivity contribution in [1.82, 2.24) is 9.97 Å². The van der Waals surface area contributed by atoms with Crippen molar-refractivity contribution in [2.45, 2.75) is 46.1 Å². The van der Waals surface area contributed by atoms with E-state index < -0.39 is 0 Å². The van der Waals surface area contributed by atoms with Gasteiger partial charge in [-0.15, -0.1) is 0 Å². The Morgan fingerprint density at radius 1 is 1.09 bits per heavy atom. The average Bonchev–Trinajstić information content (AvgIpc) is 2.84. The van der Waals surface area contributed by atoms with Crippen LogP contribution in [0.5, 0.6) is 11.5 Å².